The normalized spacial score (nSPS) is 14.7. The van der Waals surface area contributed by atoms with Crippen LogP contribution in [0.1, 0.15) is 5.56 Å². The molecule has 25 heavy (non-hydrogen) atoms. The van der Waals surface area contributed by atoms with Crippen molar-refractivity contribution in [2.45, 2.75) is 21.9 Å². The number of anilines is 2. The molecule has 0 spiro atoms. The van der Waals surface area contributed by atoms with Gasteiger partial charge >= 0.3 is 0 Å². The lowest BCUT2D eigenvalue weighted by Crippen LogP contribution is -2.20. The number of halogens is 2. The quantitative estimate of drug-likeness (QED) is 0.527. The molecule has 0 atom stereocenters. The van der Waals surface area contributed by atoms with Crippen LogP contribution in [0.15, 0.2) is 51.3 Å². The minimum atomic E-state index is -3.83. The number of fused-ring (bicyclic) bond motifs is 2. The summed E-state index contributed by atoms with van der Waals surface area (Å²) in [6.07, 6.45) is 0. The summed E-state index contributed by atoms with van der Waals surface area (Å²) < 4.78 is 27.2. The molecule has 1 aliphatic rings. The number of aryl methyl sites for hydroxylation is 1. The van der Waals surface area contributed by atoms with Crippen LogP contribution < -0.4 is 5.32 Å². The minimum Gasteiger partial charge on any atom is -0.323 e. The molecule has 1 aliphatic heterocycles. The third-order valence-corrected chi connectivity index (χ3v) is 7.27. The highest BCUT2D eigenvalue weighted by Gasteiger charge is 2.34. The molecule has 0 fully saturated rings. The first-order valence-electron chi connectivity index (χ1n) is 7.08. The summed E-state index contributed by atoms with van der Waals surface area (Å²) >= 11 is 13.2. The smallest absolute Gasteiger partial charge is 0.273 e. The fourth-order valence-electron chi connectivity index (χ4n) is 2.39. The SMILES string of the molecule is Cc1cc2c(cc1Cl)Sc1nnc(Nc3ccc(Cl)cc3)n1S2(=O)=O. The van der Waals surface area contributed by atoms with Gasteiger partial charge in [0.15, 0.2) is 0 Å². The molecule has 10 heteroatoms. The molecule has 0 amide bonds. The van der Waals surface area contributed by atoms with E-state index in [1.807, 2.05) is 0 Å². The molecule has 128 valence electrons. The topological polar surface area (TPSA) is 76.9 Å². The summed E-state index contributed by atoms with van der Waals surface area (Å²) in [7, 11) is -3.83. The zero-order valence-corrected chi connectivity index (χ0v) is 15.8. The summed E-state index contributed by atoms with van der Waals surface area (Å²) in [6.45, 7) is 1.76. The van der Waals surface area contributed by atoms with Crippen molar-refractivity contribution in [2.75, 3.05) is 5.32 Å². The summed E-state index contributed by atoms with van der Waals surface area (Å²) in [4.78, 5) is 0.722. The molecular formula is C15H10Cl2N4O2S2. The van der Waals surface area contributed by atoms with Gasteiger partial charge in [-0.15, -0.1) is 10.2 Å². The number of nitrogens with zero attached hydrogens (tertiary/aromatic N) is 3. The van der Waals surface area contributed by atoms with E-state index in [4.69, 9.17) is 23.2 Å². The predicted molar refractivity (Wildman–Crippen MR) is 97.7 cm³/mol. The molecule has 2 aromatic carbocycles. The fourth-order valence-corrected chi connectivity index (χ4v) is 5.77. The van der Waals surface area contributed by atoms with Crippen molar-refractivity contribution in [2.24, 2.45) is 0 Å². The maximum atomic E-state index is 13.1. The molecule has 0 aliphatic carbocycles. The van der Waals surface area contributed by atoms with Crippen LogP contribution in [0, 0.1) is 6.92 Å². The Kier molecular flexibility index (Phi) is 3.95. The van der Waals surface area contributed by atoms with Gasteiger partial charge < -0.3 is 5.32 Å². The van der Waals surface area contributed by atoms with Crippen molar-refractivity contribution >= 4 is 56.6 Å². The van der Waals surface area contributed by atoms with Gasteiger partial charge in [-0.05, 0) is 60.6 Å². The van der Waals surface area contributed by atoms with Crippen LogP contribution in [0.5, 0.6) is 0 Å². The summed E-state index contributed by atoms with van der Waals surface area (Å²) in [5, 5.41) is 12.3. The van der Waals surface area contributed by atoms with Crippen LogP contribution in [0.25, 0.3) is 0 Å². The maximum absolute atomic E-state index is 13.1. The van der Waals surface area contributed by atoms with Gasteiger partial charge in [-0.25, -0.2) is 8.42 Å². The van der Waals surface area contributed by atoms with Crippen molar-refractivity contribution in [3.05, 3.63) is 52.0 Å². The Hall–Kier alpha value is -1.74. The second-order valence-corrected chi connectivity index (χ2v) is 8.97. The van der Waals surface area contributed by atoms with E-state index in [1.54, 1.807) is 43.3 Å². The van der Waals surface area contributed by atoms with Crippen LogP contribution in [0.4, 0.5) is 11.6 Å². The average molecular weight is 413 g/mol. The monoisotopic (exact) mass is 412 g/mol. The zero-order valence-electron chi connectivity index (χ0n) is 12.7. The molecule has 0 bridgehead atoms. The number of benzene rings is 2. The number of hydrogen-bond donors (Lipinski definition) is 1. The Morgan fingerprint density at radius 3 is 2.56 bits per heavy atom. The van der Waals surface area contributed by atoms with Crippen molar-refractivity contribution in [3.8, 4) is 0 Å². The van der Waals surface area contributed by atoms with Gasteiger partial charge in [-0.2, -0.15) is 3.97 Å². The largest absolute Gasteiger partial charge is 0.323 e. The molecule has 3 aromatic rings. The van der Waals surface area contributed by atoms with E-state index in [0.29, 0.717) is 26.2 Å². The van der Waals surface area contributed by atoms with Gasteiger partial charge in [0.05, 0.1) is 0 Å². The van der Waals surface area contributed by atoms with Gasteiger partial charge in [-0.3, -0.25) is 0 Å². The van der Waals surface area contributed by atoms with Gasteiger partial charge in [0.25, 0.3) is 10.0 Å². The highest BCUT2D eigenvalue weighted by molar-refractivity contribution is 8.01. The molecule has 1 aromatic heterocycles. The fraction of sp³-hybridized carbons (Fsp3) is 0.0667. The second kappa shape index (κ2) is 5.91. The van der Waals surface area contributed by atoms with E-state index in [1.165, 1.54) is 11.8 Å². The third-order valence-electron chi connectivity index (χ3n) is 3.64. The number of hydrogen-bond acceptors (Lipinski definition) is 6. The molecule has 6 nitrogen and oxygen atoms in total. The van der Waals surface area contributed by atoms with E-state index in [-0.39, 0.29) is 16.0 Å². The standard InChI is InChI=1S/C15H10Cl2N4O2S2/c1-8-6-13-12(7-11(8)17)24-15-20-19-14(21(15)25(13,22)23)18-10-4-2-9(16)3-5-10/h2-7H,1H3,(H,18,19). The number of rotatable bonds is 2. The van der Waals surface area contributed by atoms with E-state index >= 15 is 0 Å². The lowest BCUT2D eigenvalue weighted by molar-refractivity contribution is 0.579. The first-order valence-corrected chi connectivity index (χ1v) is 10.1. The van der Waals surface area contributed by atoms with Gasteiger partial charge in [0.2, 0.25) is 11.1 Å². The van der Waals surface area contributed by atoms with Crippen molar-refractivity contribution in [1.82, 2.24) is 14.2 Å². The Morgan fingerprint density at radius 2 is 1.84 bits per heavy atom. The zero-order chi connectivity index (χ0) is 17.8. The molecule has 2 heterocycles. The average Bonchev–Trinajstić information content (AvgIpc) is 2.95. The molecule has 0 saturated carbocycles. The lowest BCUT2D eigenvalue weighted by atomic mass is 10.2. The number of nitrogens with one attached hydrogen (secondary N) is 1. The van der Waals surface area contributed by atoms with Crippen LogP contribution >= 0.6 is 35.0 Å². The lowest BCUT2D eigenvalue weighted by Gasteiger charge is -2.19. The Balaban J connectivity index is 1.82. The van der Waals surface area contributed by atoms with Crippen LogP contribution in [-0.4, -0.2) is 22.6 Å². The van der Waals surface area contributed by atoms with Gasteiger partial charge in [0.1, 0.15) is 4.90 Å². The summed E-state index contributed by atoms with van der Waals surface area (Å²) in [5.41, 5.74) is 1.34. The van der Waals surface area contributed by atoms with E-state index in [2.05, 4.69) is 15.5 Å². The van der Waals surface area contributed by atoms with Gasteiger partial charge in [0, 0.05) is 20.6 Å². The van der Waals surface area contributed by atoms with E-state index in [0.717, 1.165) is 3.97 Å². The van der Waals surface area contributed by atoms with E-state index < -0.39 is 10.0 Å². The second-order valence-electron chi connectivity index (χ2n) is 5.36. The Labute approximate surface area is 158 Å². The molecule has 4 rings (SSSR count). The highest BCUT2D eigenvalue weighted by Crippen LogP contribution is 2.42. The predicted octanol–water partition coefficient (Wildman–Crippen LogP) is 4.34. The van der Waals surface area contributed by atoms with Crippen LogP contribution in [0.2, 0.25) is 10.0 Å². The van der Waals surface area contributed by atoms with Crippen LogP contribution in [-0.2, 0) is 10.0 Å². The first kappa shape index (κ1) is 16.7. The molecule has 0 radical (unpaired) electrons. The maximum Gasteiger partial charge on any atom is 0.273 e. The Morgan fingerprint density at radius 1 is 1.12 bits per heavy atom. The van der Waals surface area contributed by atoms with Gasteiger partial charge in [-0.1, -0.05) is 23.2 Å². The third kappa shape index (κ3) is 2.79. The highest BCUT2D eigenvalue weighted by atomic mass is 35.5. The summed E-state index contributed by atoms with van der Waals surface area (Å²) in [5.74, 6) is 0.114. The van der Waals surface area contributed by atoms with Crippen molar-refractivity contribution in [1.29, 1.82) is 0 Å². The molecular weight excluding hydrogens is 403 g/mol. The van der Waals surface area contributed by atoms with Crippen molar-refractivity contribution < 1.29 is 8.42 Å². The minimum absolute atomic E-state index is 0.114. The van der Waals surface area contributed by atoms with Crippen molar-refractivity contribution in [3.63, 3.8) is 0 Å². The molecule has 0 saturated heterocycles. The van der Waals surface area contributed by atoms with Crippen LogP contribution in [0.3, 0.4) is 0 Å². The summed E-state index contributed by atoms with van der Waals surface area (Å²) in [6, 6.07) is 10.0. The Bertz CT molecular complexity index is 1100. The molecule has 1 N–H and O–H groups in total. The number of aromatic nitrogens is 3. The van der Waals surface area contributed by atoms with E-state index in [9.17, 15) is 8.42 Å². The first-order chi connectivity index (χ1) is 11.9. The molecule has 0 unspecified atom stereocenters.